The van der Waals surface area contributed by atoms with Crippen molar-refractivity contribution >= 4 is 0 Å². The predicted octanol–water partition coefficient (Wildman–Crippen LogP) is 2.56. The third-order valence-electron chi connectivity index (χ3n) is 2.91. The van der Waals surface area contributed by atoms with Crippen LogP contribution in [-0.2, 0) is 0 Å². The van der Waals surface area contributed by atoms with E-state index < -0.39 is 0 Å². The van der Waals surface area contributed by atoms with Crippen molar-refractivity contribution in [2.75, 3.05) is 6.54 Å². The molecule has 66 valence electrons. The number of hydrogen-bond acceptors (Lipinski definition) is 1. The van der Waals surface area contributed by atoms with E-state index in [0.29, 0.717) is 5.54 Å². The number of nitrogens with one attached hydrogen (secondary N) is 1. The van der Waals surface area contributed by atoms with Gasteiger partial charge in [0.1, 0.15) is 0 Å². The summed E-state index contributed by atoms with van der Waals surface area (Å²) in [6.07, 6.45) is 5.78. The maximum absolute atomic E-state index is 3.47. The molecule has 11 heavy (non-hydrogen) atoms. The van der Waals surface area contributed by atoms with Crippen LogP contribution in [0.3, 0.4) is 0 Å². The fourth-order valence-electron chi connectivity index (χ4n) is 1.79. The van der Waals surface area contributed by atoms with Crippen LogP contribution >= 0.6 is 0 Å². The molecule has 1 saturated carbocycles. The Labute approximate surface area is 70.6 Å². The minimum absolute atomic E-state index is 0.659. The molecule has 0 bridgehead atoms. The second-order valence-electron chi connectivity index (χ2n) is 3.82. The SMILES string of the molecule is CC.CC1CCC2(CC1)CN2. The normalized spacial score (nSPS) is 41.2. The quantitative estimate of drug-likeness (QED) is 0.533. The molecule has 1 spiro atoms. The van der Waals surface area contributed by atoms with Crippen molar-refractivity contribution < 1.29 is 0 Å². The summed E-state index contributed by atoms with van der Waals surface area (Å²) in [4.78, 5) is 0. The third kappa shape index (κ3) is 2.19. The summed E-state index contributed by atoms with van der Waals surface area (Å²) < 4.78 is 0. The third-order valence-corrected chi connectivity index (χ3v) is 2.91. The molecule has 1 heteroatoms. The van der Waals surface area contributed by atoms with Gasteiger partial charge in [0.2, 0.25) is 0 Å². The Kier molecular flexibility index (Phi) is 2.94. The van der Waals surface area contributed by atoms with Gasteiger partial charge in [0.15, 0.2) is 0 Å². The van der Waals surface area contributed by atoms with E-state index in [2.05, 4.69) is 12.2 Å². The summed E-state index contributed by atoms with van der Waals surface area (Å²) in [5, 5.41) is 3.47. The fraction of sp³-hybridized carbons (Fsp3) is 1.00. The van der Waals surface area contributed by atoms with Crippen LogP contribution in [0.4, 0.5) is 0 Å². The van der Waals surface area contributed by atoms with Gasteiger partial charge >= 0.3 is 0 Å². The van der Waals surface area contributed by atoms with E-state index in [0.717, 1.165) is 5.92 Å². The molecule has 0 aromatic carbocycles. The van der Waals surface area contributed by atoms with Gasteiger partial charge < -0.3 is 5.32 Å². The second-order valence-corrected chi connectivity index (χ2v) is 3.82. The van der Waals surface area contributed by atoms with E-state index in [1.807, 2.05) is 13.8 Å². The van der Waals surface area contributed by atoms with E-state index in [-0.39, 0.29) is 0 Å². The van der Waals surface area contributed by atoms with Crippen LogP contribution in [0.25, 0.3) is 0 Å². The molecule has 0 aromatic heterocycles. The summed E-state index contributed by atoms with van der Waals surface area (Å²) in [5.74, 6) is 0.998. The first-order valence-electron chi connectivity index (χ1n) is 5.06. The van der Waals surface area contributed by atoms with Crippen LogP contribution in [0.1, 0.15) is 46.5 Å². The Morgan fingerprint density at radius 1 is 1.18 bits per heavy atom. The molecule has 1 N–H and O–H groups in total. The van der Waals surface area contributed by atoms with Crippen molar-refractivity contribution in [3.05, 3.63) is 0 Å². The lowest BCUT2D eigenvalue weighted by atomic mass is 9.83. The molecule has 0 radical (unpaired) electrons. The van der Waals surface area contributed by atoms with Gasteiger partial charge in [-0.25, -0.2) is 0 Å². The van der Waals surface area contributed by atoms with E-state index >= 15 is 0 Å². The van der Waals surface area contributed by atoms with E-state index in [1.54, 1.807) is 0 Å². The molecule has 1 aliphatic heterocycles. The van der Waals surface area contributed by atoms with Crippen molar-refractivity contribution in [1.82, 2.24) is 5.32 Å². The molecule has 1 nitrogen and oxygen atoms in total. The van der Waals surface area contributed by atoms with Crippen LogP contribution < -0.4 is 5.32 Å². The fourth-order valence-corrected chi connectivity index (χ4v) is 1.79. The minimum atomic E-state index is 0.659. The zero-order valence-corrected chi connectivity index (χ0v) is 8.11. The molecule has 2 aliphatic rings. The van der Waals surface area contributed by atoms with Crippen molar-refractivity contribution in [3.8, 4) is 0 Å². The molecule has 2 fully saturated rings. The summed E-state index contributed by atoms with van der Waals surface area (Å²) in [6, 6.07) is 0. The molecule has 1 aliphatic carbocycles. The molecule has 0 unspecified atom stereocenters. The molecule has 1 saturated heterocycles. The first-order valence-corrected chi connectivity index (χ1v) is 5.06. The number of hydrogen-bond donors (Lipinski definition) is 1. The van der Waals surface area contributed by atoms with Gasteiger partial charge in [-0.05, 0) is 31.6 Å². The molecule has 0 aromatic rings. The van der Waals surface area contributed by atoms with Crippen molar-refractivity contribution in [2.45, 2.75) is 52.0 Å². The maximum atomic E-state index is 3.47. The Morgan fingerprint density at radius 2 is 1.64 bits per heavy atom. The standard InChI is InChI=1S/C8H15N.C2H6/c1-7-2-4-8(5-3-7)6-9-8;1-2/h7,9H,2-6H2,1H3;1-2H3. The largest absolute Gasteiger partial charge is 0.308 e. The first kappa shape index (κ1) is 9.05. The molecular formula is C10H21N. The zero-order chi connectivity index (χ0) is 8.32. The van der Waals surface area contributed by atoms with Crippen LogP contribution in [0.15, 0.2) is 0 Å². The Balaban J connectivity index is 0.000000281. The second kappa shape index (κ2) is 3.57. The van der Waals surface area contributed by atoms with E-state index in [1.165, 1.54) is 32.2 Å². The summed E-state index contributed by atoms with van der Waals surface area (Å²) in [7, 11) is 0. The Morgan fingerprint density at radius 3 is 2.00 bits per heavy atom. The summed E-state index contributed by atoms with van der Waals surface area (Å²) >= 11 is 0. The van der Waals surface area contributed by atoms with Crippen molar-refractivity contribution in [3.63, 3.8) is 0 Å². The lowest BCUT2D eigenvalue weighted by molar-refractivity contribution is 0.326. The Bertz CT molecular complexity index is 106. The van der Waals surface area contributed by atoms with Gasteiger partial charge in [-0.1, -0.05) is 20.8 Å². The average molecular weight is 155 g/mol. The van der Waals surface area contributed by atoms with Gasteiger partial charge in [-0.15, -0.1) is 0 Å². The maximum Gasteiger partial charge on any atom is 0.0307 e. The lowest BCUT2D eigenvalue weighted by Crippen LogP contribution is -2.22. The molecule has 2 rings (SSSR count). The minimum Gasteiger partial charge on any atom is -0.308 e. The smallest absolute Gasteiger partial charge is 0.0307 e. The van der Waals surface area contributed by atoms with Crippen LogP contribution in [0.5, 0.6) is 0 Å². The monoisotopic (exact) mass is 155 g/mol. The first-order chi connectivity index (χ1) is 5.31. The van der Waals surface area contributed by atoms with E-state index in [4.69, 9.17) is 0 Å². The zero-order valence-electron chi connectivity index (χ0n) is 8.11. The van der Waals surface area contributed by atoms with E-state index in [9.17, 15) is 0 Å². The highest BCUT2D eigenvalue weighted by Gasteiger charge is 2.43. The molecule has 0 atom stereocenters. The van der Waals surface area contributed by atoms with Gasteiger partial charge in [-0.3, -0.25) is 0 Å². The Hall–Kier alpha value is -0.0400. The van der Waals surface area contributed by atoms with Gasteiger partial charge in [0.05, 0.1) is 0 Å². The highest BCUT2D eigenvalue weighted by atomic mass is 15.2. The average Bonchev–Trinajstić information content (AvgIpc) is 2.81. The predicted molar refractivity (Wildman–Crippen MR) is 49.7 cm³/mol. The highest BCUT2D eigenvalue weighted by Crippen LogP contribution is 2.37. The van der Waals surface area contributed by atoms with Crippen molar-refractivity contribution in [2.24, 2.45) is 5.92 Å². The van der Waals surface area contributed by atoms with Crippen LogP contribution in [0.2, 0.25) is 0 Å². The highest BCUT2D eigenvalue weighted by molar-refractivity contribution is 5.05. The van der Waals surface area contributed by atoms with Crippen LogP contribution in [0, 0.1) is 5.92 Å². The molecule has 0 amide bonds. The van der Waals surface area contributed by atoms with Crippen LogP contribution in [-0.4, -0.2) is 12.1 Å². The van der Waals surface area contributed by atoms with Gasteiger partial charge in [-0.2, -0.15) is 0 Å². The summed E-state index contributed by atoms with van der Waals surface area (Å²) in [5.41, 5.74) is 0.659. The topological polar surface area (TPSA) is 21.9 Å². The van der Waals surface area contributed by atoms with Gasteiger partial charge in [0, 0.05) is 12.1 Å². The summed E-state index contributed by atoms with van der Waals surface area (Å²) in [6.45, 7) is 7.68. The molecular weight excluding hydrogens is 134 g/mol. The lowest BCUT2D eigenvalue weighted by Gasteiger charge is -2.24. The van der Waals surface area contributed by atoms with Crippen molar-refractivity contribution in [1.29, 1.82) is 0 Å². The van der Waals surface area contributed by atoms with Gasteiger partial charge in [0.25, 0.3) is 0 Å². The number of rotatable bonds is 0. The molecule has 1 heterocycles.